The highest BCUT2D eigenvalue weighted by molar-refractivity contribution is 6.31. The minimum Gasteiger partial charge on any atom is -0.496 e. The van der Waals surface area contributed by atoms with Crippen LogP contribution in [0.3, 0.4) is 0 Å². The summed E-state index contributed by atoms with van der Waals surface area (Å²) in [7, 11) is 0. The van der Waals surface area contributed by atoms with Crippen molar-refractivity contribution in [3.05, 3.63) is 81.8 Å². The Balaban J connectivity index is 1.62. The van der Waals surface area contributed by atoms with E-state index in [1.807, 2.05) is 18.2 Å². The summed E-state index contributed by atoms with van der Waals surface area (Å²) in [5, 5.41) is 26.8. The molecule has 0 bridgehead atoms. The van der Waals surface area contributed by atoms with Gasteiger partial charge in [-0.15, -0.1) is 4.59 Å². The Morgan fingerprint density at radius 3 is 2.31 bits per heavy atom. The van der Waals surface area contributed by atoms with Gasteiger partial charge in [0.15, 0.2) is 5.69 Å². The van der Waals surface area contributed by atoms with Crippen molar-refractivity contribution >= 4 is 40.7 Å². The van der Waals surface area contributed by atoms with Crippen molar-refractivity contribution in [3.8, 4) is 23.3 Å². The fourth-order valence-corrected chi connectivity index (χ4v) is 4.41. The highest BCUT2D eigenvalue weighted by Gasteiger charge is 2.52. The Kier molecular flexibility index (Phi) is 6.48. The summed E-state index contributed by atoms with van der Waals surface area (Å²) in [6, 6.07) is 18.7. The standard InChI is InChI=1S/C26H21Cl2N3O4/c1-26(2,3)31(25(32)33)24-7-5-4-6-22(24)23(30-31)15-34-19-10-18(28)12-21(13-19)35-20-9-16(14-29)8-17(27)11-20/h4-13H,15H2,1-3H3. The van der Waals surface area contributed by atoms with Gasteiger partial charge in [-0.25, -0.2) is 0 Å². The van der Waals surface area contributed by atoms with Gasteiger partial charge in [0.25, 0.3) is 6.09 Å². The van der Waals surface area contributed by atoms with Gasteiger partial charge in [-0.05, 0) is 57.2 Å². The number of hydrogen-bond acceptors (Lipinski definition) is 6. The van der Waals surface area contributed by atoms with Gasteiger partial charge in [0.1, 0.15) is 35.1 Å². The fraction of sp³-hybridized carbons (Fsp3) is 0.192. The maximum Gasteiger partial charge on any atom is 0.291 e. The molecular weight excluding hydrogens is 489 g/mol. The van der Waals surface area contributed by atoms with Crippen LogP contribution in [0, 0.1) is 11.3 Å². The van der Waals surface area contributed by atoms with Crippen LogP contribution in [-0.2, 0) is 0 Å². The van der Waals surface area contributed by atoms with Gasteiger partial charge < -0.3 is 19.4 Å². The number of halogens is 2. The lowest BCUT2D eigenvalue weighted by atomic mass is 10.0. The van der Waals surface area contributed by atoms with Gasteiger partial charge in [-0.2, -0.15) is 5.26 Å². The first-order valence-corrected chi connectivity index (χ1v) is 11.4. The van der Waals surface area contributed by atoms with Crippen LogP contribution in [0.25, 0.3) is 0 Å². The monoisotopic (exact) mass is 509 g/mol. The largest absolute Gasteiger partial charge is 0.496 e. The number of carboxylic acid groups (broad SMARTS) is 1. The molecule has 4 rings (SSSR count). The molecule has 1 heterocycles. The van der Waals surface area contributed by atoms with Crippen molar-refractivity contribution in [1.29, 1.82) is 5.26 Å². The number of fused-ring (bicyclic) bond motifs is 1. The number of quaternary nitrogens is 1. The molecule has 0 saturated heterocycles. The summed E-state index contributed by atoms with van der Waals surface area (Å²) in [6.07, 6.45) is -1.32. The second-order valence-electron chi connectivity index (χ2n) is 8.94. The molecule has 0 radical (unpaired) electrons. The number of carbonyl (C=O) groups excluding carboxylic acids is 1. The minimum atomic E-state index is -1.32. The third kappa shape index (κ3) is 4.69. The van der Waals surface area contributed by atoms with Crippen LogP contribution in [0.15, 0.2) is 65.8 Å². The van der Waals surface area contributed by atoms with E-state index in [-0.39, 0.29) is 6.61 Å². The summed E-state index contributed by atoms with van der Waals surface area (Å²) in [4.78, 5) is 12.3. The molecule has 1 amide bonds. The zero-order valence-electron chi connectivity index (χ0n) is 19.2. The SMILES string of the molecule is CC(C)(C)[N+]1(C(=O)[O-])N=C(COc2cc(Cl)cc(Oc3cc(Cl)cc(C#N)c3)c2)c2ccccc21. The molecule has 1 unspecified atom stereocenters. The minimum absolute atomic E-state index is 0.00407. The van der Waals surface area contributed by atoms with Crippen molar-refractivity contribution < 1.29 is 19.4 Å². The van der Waals surface area contributed by atoms with E-state index in [0.29, 0.717) is 49.8 Å². The first-order valence-electron chi connectivity index (χ1n) is 10.7. The van der Waals surface area contributed by atoms with Crippen LogP contribution in [0.2, 0.25) is 10.0 Å². The van der Waals surface area contributed by atoms with Crippen LogP contribution < -0.4 is 19.2 Å². The first kappa shape index (κ1) is 24.6. The summed E-state index contributed by atoms with van der Waals surface area (Å²) >= 11 is 12.3. The summed E-state index contributed by atoms with van der Waals surface area (Å²) < 4.78 is 11.1. The maximum absolute atomic E-state index is 12.3. The van der Waals surface area contributed by atoms with E-state index in [9.17, 15) is 9.90 Å². The molecule has 0 aliphatic carbocycles. The van der Waals surface area contributed by atoms with Crippen molar-refractivity contribution in [1.82, 2.24) is 4.59 Å². The lowest BCUT2D eigenvalue weighted by molar-refractivity contribution is -0.268. The molecular formula is C26H21Cl2N3O4. The molecule has 0 spiro atoms. The predicted molar refractivity (Wildman–Crippen MR) is 133 cm³/mol. The topological polar surface area (TPSA) is 94.7 Å². The summed E-state index contributed by atoms with van der Waals surface area (Å²) in [5.74, 6) is 1.14. The zero-order valence-corrected chi connectivity index (χ0v) is 20.7. The smallest absolute Gasteiger partial charge is 0.291 e. The molecule has 1 aliphatic heterocycles. The van der Waals surface area contributed by atoms with E-state index in [0.717, 1.165) is 0 Å². The number of hydrogen-bond donors (Lipinski definition) is 0. The molecule has 178 valence electrons. The van der Waals surface area contributed by atoms with E-state index < -0.39 is 16.2 Å². The third-order valence-electron chi connectivity index (χ3n) is 5.53. The molecule has 0 fully saturated rings. The Hall–Kier alpha value is -3.57. The summed E-state index contributed by atoms with van der Waals surface area (Å²) in [5.41, 5.74) is 1.22. The van der Waals surface area contributed by atoms with E-state index in [1.165, 1.54) is 6.07 Å². The Morgan fingerprint density at radius 1 is 1.03 bits per heavy atom. The van der Waals surface area contributed by atoms with Crippen molar-refractivity contribution in [3.63, 3.8) is 0 Å². The highest BCUT2D eigenvalue weighted by Crippen LogP contribution is 2.42. The van der Waals surface area contributed by atoms with Crippen LogP contribution >= 0.6 is 23.2 Å². The second kappa shape index (κ2) is 9.23. The van der Waals surface area contributed by atoms with Gasteiger partial charge in [0.05, 0.1) is 17.2 Å². The van der Waals surface area contributed by atoms with Gasteiger partial charge >= 0.3 is 0 Å². The van der Waals surface area contributed by atoms with E-state index in [2.05, 4.69) is 5.10 Å². The second-order valence-corrected chi connectivity index (χ2v) is 9.81. The van der Waals surface area contributed by atoms with Gasteiger partial charge in [-0.1, -0.05) is 40.4 Å². The average Bonchev–Trinajstić information content (AvgIpc) is 3.13. The Bertz CT molecular complexity index is 1390. The molecule has 35 heavy (non-hydrogen) atoms. The first-order chi connectivity index (χ1) is 16.5. The lowest BCUT2D eigenvalue weighted by Crippen LogP contribution is -2.65. The molecule has 7 nitrogen and oxygen atoms in total. The Labute approximate surface area is 212 Å². The quantitative estimate of drug-likeness (QED) is 0.398. The summed E-state index contributed by atoms with van der Waals surface area (Å²) in [6.45, 7) is 5.37. The highest BCUT2D eigenvalue weighted by atomic mass is 35.5. The number of ether oxygens (including phenoxy) is 2. The van der Waals surface area contributed by atoms with Crippen LogP contribution in [0.1, 0.15) is 31.9 Å². The maximum atomic E-state index is 12.3. The van der Waals surface area contributed by atoms with Crippen LogP contribution in [0.4, 0.5) is 10.5 Å². The molecule has 0 aromatic heterocycles. The van der Waals surface area contributed by atoms with Gasteiger partial charge in [0, 0.05) is 22.2 Å². The number of para-hydroxylation sites is 1. The number of nitrogens with zero attached hydrogens (tertiary/aromatic N) is 3. The number of amides is 1. The fourth-order valence-electron chi connectivity index (χ4n) is 3.97. The molecule has 9 heteroatoms. The van der Waals surface area contributed by atoms with Crippen LogP contribution in [0.5, 0.6) is 17.2 Å². The number of nitriles is 1. The van der Waals surface area contributed by atoms with E-state index in [4.69, 9.17) is 37.9 Å². The van der Waals surface area contributed by atoms with Crippen molar-refractivity contribution in [2.24, 2.45) is 5.10 Å². The predicted octanol–water partition coefficient (Wildman–Crippen LogP) is 5.90. The van der Waals surface area contributed by atoms with Gasteiger partial charge in [0.2, 0.25) is 0 Å². The molecule has 3 aromatic rings. The van der Waals surface area contributed by atoms with Crippen molar-refractivity contribution in [2.75, 3.05) is 6.61 Å². The van der Waals surface area contributed by atoms with Gasteiger partial charge in [-0.3, -0.25) is 0 Å². The normalized spacial score (nSPS) is 16.7. The molecule has 0 saturated carbocycles. The molecule has 1 atom stereocenters. The number of benzene rings is 3. The van der Waals surface area contributed by atoms with Crippen molar-refractivity contribution in [2.45, 2.75) is 26.3 Å². The Morgan fingerprint density at radius 2 is 1.66 bits per heavy atom. The molecule has 1 aliphatic rings. The van der Waals surface area contributed by atoms with E-state index >= 15 is 0 Å². The number of carbonyl (C=O) groups is 1. The zero-order chi connectivity index (χ0) is 25.4. The molecule has 0 N–H and O–H groups in total. The third-order valence-corrected chi connectivity index (χ3v) is 5.96. The van der Waals surface area contributed by atoms with Crippen LogP contribution in [-0.4, -0.2) is 24.0 Å². The van der Waals surface area contributed by atoms with E-state index in [1.54, 1.807) is 63.2 Å². The average molecular weight is 510 g/mol. The molecule has 3 aromatic carbocycles. The number of rotatable bonds is 5. The lowest BCUT2D eigenvalue weighted by Gasteiger charge is -2.39.